The van der Waals surface area contributed by atoms with Gasteiger partial charge in [-0.15, -0.1) is 11.3 Å². The Labute approximate surface area is 293 Å². The minimum Gasteiger partial charge on any atom is -0.227 e. The zero-order valence-corrected chi connectivity index (χ0v) is 29.6. The van der Waals surface area contributed by atoms with Crippen molar-refractivity contribution >= 4 is 39.3 Å². The van der Waals surface area contributed by atoms with Gasteiger partial charge in [0.1, 0.15) is 4.83 Å². The van der Waals surface area contributed by atoms with Gasteiger partial charge in [-0.05, 0) is 93.4 Å². The van der Waals surface area contributed by atoms with Crippen molar-refractivity contribution in [1.82, 2.24) is 9.97 Å². The zero-order chi connectivity index (χ0) is 33.1. The maximum absolute atomic E-state index is 5.24. The molecule has 2 heterocycles. The molecule has 10 rings (SSSR count). The van der Waals surface area contributed by atoms with Crippen LogP contribution in [-0.2, 0) is 5.41 Å². The lowest BCUT2D eigenvalue weighted by Crippen LogP contribution is -2.35. The van der Waals surface area contributed by atoms with Crippen LogP contribution >= 0.6 is 11.3 Å². The summed E-state index contributed by atoms with van der Waals surface area (Å²) in [6.07, 6.45) is 19.2. The zero-order valence-electron chi connectivity index (χ0n) is 28.8. The van der Waals surface area contributed by atoms with Crippen molar-refractivity contribution in [3.05, 3.63) is 124 Å². The van der Waals surface area contributed by atoms with E-state index in [2.05, 4.69) is 137 Å². The minimum absolute atomic E-state index is 0.102. The lowest BCUT2D eigenvalue weighted by molar-refractivity contribution is 0.141. The van der Waals surface area contributed by atoms with Gasteiger partial charge in [0.15, 0.2) is 5.82 Å². The molecule has 0 aliphatic heterocycles. The molecule has 49 heavy (non-hydrogen) atoms. The summed E-state index contributed by atoms with van der Waals surface area (Å²) in [6.45, 7) is 10.1. The highest BCUT2D eigenvalue weighted by Gasteiger charge is 2.56. The number of nitrogens with zero attached hydrogens (tertiary/aromatic N) is 2. The van der Waals surface area contributed by atoms with Crippen molar-refractivity contribution < 1.29 is 0 Å². The highest BCUT2D eigenvalue weighted by atomic mass is 32.1. The second-order valence-corrected chi connectivity index (χ2v) is 17.1. The van der Waals surface area contributed by atoms with Crippen LogP contribution in [0.25, 0.3) is 61.7 Å². The molecule has 0 bridgehead atoms. The molecular weight excluding hydrogens is 613 g/mol. The normalized spacial score (nSPS) is 25.2. The standard InChI is InChI=1S/C46H42N2S/c1-45(2)36-16-10-8-14-31(36)34-25-35-32-23-22-30(24-37(32)46(3,4)39(35)26-38(34)45)27-18-20-29(21-19-27)43-47-42(28-12-6-5-7-13-28)41-33-15-9-11-17-40(33)49-44(41)48-43/h5-8,10,12-15,17-25,34,36,38-39H,9,11,16,26H2,1-4H3. The average Bonchev–Trinajstić information content (AvgIpc) is 3.70. The maximum atomic E-state index is 5.24. The Morgan fingerprint density at radius 1 is 0.776 bits per heavy atom. The number of fused-ring (bicyclic) bond motifs is 9. The van der Waals surface area contributed by atoms with Gasteiger partial charge in [-0.2, -0.15) is 0 Å². The molecular formula is C46H42N2S. The van der Waals surface area contributed by atoms with Crippen LogP contribution in [0.5, 0.6) is 0 Å². The predicted octanol–water partition coefficient (Wildman–Crippen LogP) is 10.5. The van der Waals surface area contributed by atoms with E-state index < -0.39 is 0 Å². The predicted molar refractivity (Wildman–Crippen MR) is 206 cm³/mol. The molecule has 1 saturated carbocycles. The topological polar surface area (TPSA) is 25.8 Å². The van der Waals surface area contributed by atoms with Crippen LogP contribution < -0.4 is 9.75 Å². The van der Waals surface area contributed by atoms with E-state index in [1.54, 1.807) is 22.5 Å². The van der Waals surface area contributed by atoms with Gasteiger partial charge in [0.05, 0.1) is 5.69 Å². The Morgan fingerprint density at radius 2 is 1.55 bits per heavy atom. The molecule has 3 aromatic carbocycles. The molecule has 2 aromatic heterocycles. The lowest BCUT2D eigenvalue weighted by atomic mass is 9.63. The largest absolute Gasteiger partial charge is 0.227 e. The van der Waals surface area contributed by atoms with Crippen molar-refractivity contribution in [2.75, 3.05) is 0 Å². The van der Waals surface area contributed by atoms with Crippen LogP contribution in [0.2, 0.25) is 0 Å². The van der Waals surface area contributed by atoms with Gasteiger partial charge in [0, 0.05) is 27.0 Å². The minimum atomic E-state index is 0.102. The SMILES string of the molecule is CC1(C)c2cc(-c3ccc(-c4nc(-c5ccccc5)c5c6c(sc5n4)=CCCC=6)cc3)ccc2C2=CC3C4=CC=CCC4C(C)(C)C3CC21. The van der Waals surface area contributed by atoms with Crippen molar-refractivity contribution in [3.8, 4) is 33.8 Å². The Kier molecular flexibility index (Phi) is 6.38. The van der Waals surface area contributed by atoms with E-state index in [1.165, 1.54) is 50.2 Å². The van der Waals surface area contributed by atoms with E-state index in [0.29, 0.717) is 29.1 Å². The Morgan fingerprint density at radius 3 is 2.39 bits per heavy atom. The van der Waals surface area contributed by atoms with E-state index in [1.807, 2.05) is 0 Å². The molecule has 4 unspecified atom stereocenters. The summed E-state index contributed by atoms with van der Waals surface area (Å²) in [7, 11) is 0. The van der Waals surface area contributed by atoms with Gasteiger partial charge in [0.25, 0.3) is 0 Å². The van der Waals surface area contributed by atoms with Gasteiger partial charge in [-0.1, -0.05) is 136 Å². The van der Waals surface area contributed by atoms with Gasteiger partial charge < -0.3 is 0 Å². The third-order valence-corrected chi connectivity index (χ3v) is 14.1. The second kappa shape index (κ2) is 10.6. The third kappa shape index (κ3) is 4.31. The third-order valence-electron chi connectivity index (χ3n) is 13.0. The fourth-order valence-corrected chi connectivity index (χ4v) is 11.4. The molecule has 1 fully saturated rings. The molecule has 4 atom stereocenters. The fourth-order valence-electron chi connectivity index (χ4n) is 10.3. The Balaban J connectivity index is 1.02. The summed E-state index contributed by atoms with van der Waals surface area (Å²) >= 11 is 1.80. The molecule has 2 nitrogen and oxygen atoms in total. The summed E-state index contributed by atoms with van der Waals surface area (Å²) < 4.78 is 1.33. The van der Waals surface area contributed by atoms with Gasteiger partial charge in [-0.3, -0.25) is 0 Å². The number of thiophene rings is 1. The van der Waals surface area contributed by atoms with E-state index in [-0.39, 0.29) is 5.41 Å². The summed E-state index contributed by atoms with van der Waals surface area (Å²) in [5.74, 6) is 3.32. The molecule has 0 radical (unpaired) electrons. The number of allylic oxidation sites excluding steroid dienone is 6. The number of aromatic nitrogens is 2. The van der Waals surface area contributed by atoms with Crippen LogP contribution in [0.3, 0.4) is 0 Å². The van der Waals surface area contributed by atoms with Crippen molar-refractivity contribution in [2.24, 2.45) is 29.1 Å². The van der Waals surface area contributed by atoms with E-state index in [0.717, 1.165) is 40.3 Å². The molecule has 5 aromatic rings. The van der Waals surface area contributed by atoms with Crippen molar-refractivity contribution in [2.45, 2.75) is 58.8 Å². The summed E-state index contributed by atoms with van der Waals surface area (Å²) in [5, 5.41) is 2.50. The van der Waals surface area contributed by atoms with Crippen molar-refractivity contribution in [1.29, 1.82) is 0 Å². The highest BCUT2D eigenvalue weighted by molar-refractivity contribution is 7.16. The number of benzene rings is 3. The maximum Gasteiger partial charge on any atom is 0.161 e. The number of hydrogen-bond acceptors (Lipinski definition) is 3. The first-order chi connectivity index (χ1) is 23.8. The summed E-state index contributed by atoms with van der Waals surface area (Å²) in [5.41, 5.74) is 12.5. The highest BCUT2D eigenvalue weighted by Crippen LogP contribution is 2.65. The van der Waals surface area contributed by atoms with Crippen LogP contribution in [-0.4, -0.2) is 9.97 Å². The quantitative estimate of drug-likeness (QED) is 0.193. The molecule has 0 saturated heterocycles. The first-order valence-electron chi connectivity index (χ1n) is 18.2. The van der Waals surface area contributed by atoms with E-state index in [4.69, 9.17) is 9.97 Å². The first-order valence-corrected chi connectivity index (χ1v) is 19.0. The smallest absolute Gasteiger partial charge is 0.161 e. The summed E-state index contributed by atoms with van der Waals surface area (Å²) in [4.78, 5) is 11.5. The fraction of sp³-hybridized carbons (Fsp3) is 0.304. The van der Waals surface area contributed by atoms with E-state index in [9.17, 15) is 0 Å². The average molecular weight is 655 g/mol. The van der Waals surface area contributed by atoms with Crippen LogP contribution in [0, 0.1) is 29.1 Å². The van der Waals surface area contributed by atoms with E-state index >= 15 is 0 Å². The monoisotopic (exact) mass is 654 g/mol. The van der Waals surface area contributed by atoms with Crippen molar-refractivity contribution in [3.63, 3.8) is 0 Å². The molecule has 0 N–H and O–H groups in total. The molecule has 242 valence electrons. The first kappa shape index (κ1) is 29.6. The molecule has 5 aliphatic carbocycles. The van der Waals surface area contributed by atoms with Gasteiger partial charge >= 0.3 is 0 Å². The van der Waals surface area contributed by atoms with Crippen LogP contribution in [0.4, 0.5) is 0 Å². The summed E-state index contributed by atoms with van der Waals surface area (Å²) in [6, 6.07) is 26.8. The van der Waals surface area contributed by atoms with Gasteiger partial charge in [0.2, 0.25) is 0 Å². The Hall–Kier alpha value is -4.34. The number of hydrogen-bond donors (Lipinski definition) is 0. The van der Waals surface area contributed by atoms with Crippen LogP contribution in [0.1, 0.15) is 64.5 Å². The lowest BCUT2D eigenvalue weighted by Gasteiger charge is -2.41. The molecule has 3 heteroatoms. The van der Waals surface area contributed by atoms with Gasteiger partial charge in [-0.25, -0.2) is 9.97 Å². The molecule has 0 amide bonds. The van der Waals surface area contributed by atoms with Crippen LogP contribution in [0.15, 0.2) is 103 Å². The second-order valence-electron chi connectivity index (χ2n) is 16.1. The number of rotatable bonds is 3. The Bertz CT molecular complexity index is 2400. The molecule has 0 spiro atoms. The molecule has 5 aliphatic rings.